The molecule has 0 saturated carbocycles. The zero-order valence-electron chi connectivity index (χ0n) is 13.3. The predicted molar refractivity (Wildman–Crippen MR) is 95.4 cm³/mol. The van der Waals surface area contributed by atoms with Gasteiger partial charge in [0.05, 0.1) is 6.21 Å². The van der Waals surface area contributed by atoms with E-state index in [2.05, 4.69) is 15.8 Å². The second-order valence-electron chi connectivity index (χ2n) is 4.92. The van der Waals surface area contributed by atoms with Crippen LogP contribution < -0.4 is 15.5 Å². The number of amides is 2. The van der Waals surface area contributed by atoms with E-state index in [1.807, 2.05) is 0 Å². The maximum atomic E-state index is 11.7. The number of carboxylic acids is 1. The predicted octanol–water partition coefficient (Wildman–Crippen LogP) is 1.89. The number of benzene rings is 2. The molecule has 0 saturated heterocycles. The summed E-state index contributed by atoms with van der Waals surface area (Å²) in [4.78, 5) is 33.8. The van der Waals surface area contributed by atoms with Crippen LogP contribution in [0.5, 0.6) is 5.75 Å². The fraction of sp³-hybridized carbons (Fsp3) is 0.0588. The van der Waals surface area contributed by atoms with Crippen molar-refractivity contribution in [2.75, 3.05) is 11.9 Å². The number of halogens is 1. The summed E-state index contributed by atoms with van der Waals surface area (Å²) in [5.74, 6) is -2.52. The van der Waals surface area contributed by atoms with Gasteiger partial charge in [0.25, 0.3) is 0 Å². The normalized spacial score (nSPS) is 10.3. The van der Waals surface area contributed by atoms with Crippen molar-refractivity contribution in [2.24, 2.45) is 5.10 Å². The number of anilines is 1. The number of hydrogen-bond donors (Lipinski definition) is 3. The molecule has 0 atom stereocenters. The largest absolute Gasteiger partial charge is 0.482 e. The molecular weight excluding hydrogens is 362 g/mol. The maximum absolute atomic E-state index is 11.7. The summed E-state index contributed by atoms with van der Waals surface area (Å²) in [6.07, 6.45) is 1.32. The first kappa shape index (κ1) is 18.9. The van der Waals surface area contributed by atoms with Gasteiger partial charge in [0, 0.05) is 10.7 Å². The molecule has 0 spiro atoms. The van der Waals surface area contributed by atoms with Crippen LogP contribution in [0.25, 0.3) is 0 Å². The molecule has 2 aromatic rings. The zero-order chi connectivity index (χ0) is 18.9. The molecule has 134 valence electrons. The van der Waals surface area contributed by atoms with Gasteiger partial charge < -0.3 is 15.2 Å². The zero-order valence-corrected chi connectivity index (χ0v) is 14.1. The Bertz CT molecular complexity index is 837. The molecule has 0 aliphatic rings. The second-order valence-corrected chi connectivity index (χ2v) is 5.35. The minimum absolute atomic E-state index is 0.384. The van der Waals surface area contributed by atoms with Crippen LogP contribution in [0.4, 0.5) is 5.69 Å². The second kappa shape index (κ2) is 9.19. The molecule has 0 fully saturated rings. The monoisotopic (exact) mass is 375 g/mol. The molecule has 9 heteroatoms. The Morgan fingerprint density at radius 3 is 2.50 bits per heavy atom. The van der Waals surface area contributed by atoms with Crippen LogP contribution in [-0.4, -0.2) is 35.7 Å². The fourth-order valence-corrected chi connectivity index (χ4v) is 1.96. The third kappa shape index (κ3) is 6.25. The van der Waals surface area contributed by atoms with Gasteiger partial charge in [0.1, 0.15) is 5.75 Å². The average Bonchev–Trinajstić information content (AvgIpc) is 2.61. The number of carboxylic acid groups (broad SMARTS) is 1. The molecule has 2 rings (SSSR count). The van der Waals surface area contributed by atoms with Crippen LogP contribution in [0, 0.1) is 0 Å². The van der Waals surface area contributed by atoms with Crippen molar-refractivity contribution in [3.05, 3.63) is 59.1 Å². The van der Waals surface area contributed by atoms with E-state index < -0.39 is 24.4 Å². The molecule has 8 nitrogen and oxygen atoms in total. The minimum atomic E-state index is -1.07. The lowest BCUT2D eigenvalue weighted by atomic mass is 10.2. The van der Waals surface area contributed by atoms with Crippen LogP contribution in [0.2, 0.25) is 5.02 Å². The van der Waals surface area contributed by atoms with Crippen molar-refractivity contribution in [3.8, 4) is 5.75 Å². The number of rotatable bonds is 6. The summed E-state index contributed by atoms with van der Waals surface area (Å²) < 4.78 is 4.99. The number of ether oxygens (including phenoxy) is 1. The number of carbonyl (C=O) groups is 3. The molecule has 0 aliphatic carbocycles. The maximum Gasteiger partial charge on any atom is 0.341 e. The number of nitrogens with zero attached hydrogens (tertiary/aromatic N) is 1. The molecule has 2 aromatic carbocycles. The minimum Gasteiger partial charge on any atom is -0.482 e. The lowest BCUT2D eigenvalue weighted by Gasteiger charge is -2.04. The first-order chi connectivity index (χ1) is 12.4. The van der Waals surface area contributed by atoms with Crippen molar-refractivity contribution >= 4 is 41.3 Å². The van der Waals surface area contributed by atoms with Crippen molar-refractivity contribution in [3.63, 3.8) is 0 Å². The highest BCUT2D eigenvalue weighted by Gasteiger charge is 2.12. The highest BCUT2D eigenvalue weighted by Crippen LogP contribution is 2.14. The van der Waals surface area contributed by atoms with Gasteiger partial charge in [-0.05, 0) is 48.0 Å². The number of carbonyl (C=O) groups excluding carboxylic acids is 2. The fourth-order valence-electron chi connectivity index (χ4n) is 1.77. The van der Waals surface area contributed by atoms with Crippen molar-refractivity contribution in [1.82, 2.24) is 5.43 Å². The number of hydrogen-bond acceptors (Lipinski definition) is 5. The van der Waals surface area contributed by atoms with E-state index in [1.54, 1.807) is 42.5 Å². The molecule has 0 heterocycles. The van der Waals surface area contributed by atoms with Crippen LogP contribution in [-0.2, 0) is 14.4 Å². The highest BCUT2D eigenvalue weighted by molar-refractivity contribution is 6.39. The van der Waals surface area contributed by atoms with E-state index in [4.69, 9.17) is 21.4 Å². The standard InChI is InChI=1S/C17H14ClN3O5/c18-12-2-1-3-13(8-12)20-16(24)17(25)21-19-9-11-4-6-14(7-5-11)26-10-15(22)23/h1-9H,10H2,(H,20,24)(H,21,25)(H,22,23)/b19-9-. The van der Waals surface area contributed by atoms with Crippen LogP contribution in [0.3, 0.4) is 0 Å². The molecule has 3 N–H and O–H groups in total. The Hall–Kier alpha value is -3.39. The molecular formula is C17H14ClN3O5. The summed E-state index contributed by atoms with van der Waals surface area (Å²) >= 11 is 5.79. The van der Waals surface area contributed by atoms with Gasteiger partial charge in [-0.1, -0.05) is 17.7 Å². The summed E-state index contributed by atoms with van der Waals surface area (Å²) in [7, 11) is 0. The Morgan fingerprint density at radius 2 is 1.85 bits per heavy atom. The van der Waals surface area contributed by atoms with Crippen molar-refractivity contribution < 1.29 is 24.2 Å². The summed E-state index contributed by atoms with van der Waals surface area (Å²) in [6, 6.07) is 12.7. The SMILES string of the molecule is O=C(O)COc1ccc(/C=N\NC(=O)C(=O)Nc2cccc(Cl)c2)cc1. The van der Waals surface area contributed by atoms with E-state index in [0.717, 1.165) is 0 Å². The van der Waals surface area contributed by atoms with Gasteiger partial charge in [-0.25, -0.2) is 10.2 Å². The topological polar surface area (TPSA) is 117 Å². The van der Waals surface area contributed by atoms with Crippen LogP contribution in [0.15, 0.2) is 53.6 Å². The third-order valence-electron chi connectivity index (χ3n) is 2.91. The average molecular weight is 376 g/mol. The van der Waals surface area contributed by atoms with Gasteiger partial charge in [-0.2, -0.15) is 5.10 Å². The molecule has 2 amide bonds. The number of aliphatic carboxylic acids is 1. The molecule has 0 aliphatic heterocycles. The summed E-state index contributed by atoms with van der Waals surface area (Å²) in [5.41, 5.74) is 3.10. The quantitative estimate of drug-likeness (QED) is 0.405. The Morgan fingerprint density at radius 1 is 1.12 bits per heavy atom. The highest BCUT2D eigenvalue weighted by atomic mass is 35.5. The van der Waals surface area contributed by atoms with Gasteiger partial charge in [-0.3, -0.25) is 9.59 Å². The smallest absolute Gasteiger partial charge is 0.341 e. The van der Waals surface area contributed by atoms with Gasteiger partial charge in [-0.15, -0.1) is 0 Å². The summed E-state index contributed by atoms with van der Waals surface area (Å²) in [5, 5.41) is 15.0. The Labute approximate surface area is 153 Å². The molecule has 0 radical (unpaired) electrons. The molecule has 26 heavy (non-hydrogen) atoms. The Kier molecular flexibility index (Phi) is 6.69. The van der Waals surface area contributed by atoms with Crippen LogP contribution in [0.1, 0.15) is 5.56 Å². The third-order valence-corrected chi connectivity index (χ3v) is 3.15. The van der Waals surface area contributed by atoms with Gasteiger partial charge >= 0.3 is 17.8 Å². The van der Waals surface area contributed by atoms with E-state index in [0.29, 0.717) is 22.0 Å². The lowest BCUT2D eigenvalue weighted by Crippen LogP contribution is -2.32. The van der Waals surface area contributed by atoms with E-state index in [-0.39, 0.29) is 0 Å². The first-order valence-corrected chi connectivity index (χ1v) is 7.66. The van der Waals surface area contributed by atoms with Crippen molar-refractivity contribution in [1.29, 1.82) is 0 Å². The number of nitrogens with one attached hydrogen (secondary N) is 2. The van der Waals surface area contributed by atoms with E-state index in [1.165, 1.54) is 12.3 Å². The molecule has 0 unspecified atom stereocenters. The van der Waals surface area contributed by atoms with Gasteiger partial charge in [0.2, 0.25) is 0 Å². The van der Waals surface area contributed by atoms with Crippen molar-refractivity contribution in [2.45, 2.75) is 0 Å². The first-order valence-electron chi connectivity index (χ1n) is 7.28. The van der Waals surface area contributed by atoms with E-state index in [9.17, 15) is 14.4 Å². The van der Waals surface area contributed by atoms with E-state index >= 15 is 0 Å². The summed E-state index contributed by atoms with van der Waals surface area (Å²) in [6.45, 7) is -0.439. The van der Waals surface area contributed by atoms with Crippen LogP contribution >= 0.6 is 11.6 Å². The molecule has 0 aromatic heterocycles. The molecule has 0 bridgehead atoms. The van der Waals surface area contributed by atoms with Gasteiger partial charge in [0.15, 0.2) is 6.61 Å². The lowest BCUT2D eigenvalue weighted by molar-refractivity contribution is -0.139. The Balaban J connectivity index is 1.84. The number of hydrazone groups is 1.